The molecule has 13 heteroatoms. The van der Waals surface area contributed by atoms with E-state index in [2.05, 4.69) is 30.6 Å². The number of nitrogens with zero attached hydrogens (tertiary/aromatic N) is 3. The van der Waals surface area contributed by atoms with Crippen molar-refractivity contribution in [2.45, 2.75) is 63.7 Å². The van der Waals surface area contributed by atoms with E-state index in [1.807, 2.05) is 0 Å². The number of rotatable bonds is 11. The maximum Gasteiger partial charge on any atom is 0.326 e. The molecule has 0 aliphatic carbocycles. The number of carboxylic acid groups (broad SMARTS) is 1. The maximum absolute atomic E-state index is 13.1. The Labute approximate surface area is 202 Å². The highest BCUT2D eigenvalue weighted by molar-refractivity contribution is 5.94. The summed E-state index contributed by atoms with van der Waals surface area (Å²) < 4.78 is 0. The number of hydrogen-bond donors (Lipinski definition) is 6. The van der Waals surface area contributed by atoms with E-state index in [-0.39, 0.29) is 24.7 Å². The van der Waals surface area contributed by atoms with Gasteiger partial charge in [0.05, 0.1) is 18.7 Å². The first-order valence-electron chi connectivity index (χ1n) is 11.5. The van der Waals surface area contributed by atoms with E-state index in [0.29, 0.717) is 30.8 Å². The lowest BCUT2D eigenvalue weighted by molar-refractivity contribution is -0.143. The molecule has 35 heavy (non-hydrogen) atoms. The molecule has 190 valence electrons. The number of imidazole rings is 2. The number of aromatic amines is 2. The predicted molar refractivity (Wildman–Crippen MR) is 124 cm³/mol. The van der Waals surface area contributed by atoms with Crippen LogP contribution >= 0.6 is 0 Å². The molecule has 4 unspecified atom stereocenters. The average Bonchev–Trinajstić information content (AvgIpc) is 3.58. The second kappa shape index (κ2) is 11.6. The fourth-order valence-corrected chi connectivity index (χ4v) is 4.10. The molecule has 3 amide bonds. The van der Waals surface area contributed by atoms with Crippen LogP contribution in [0, 0.1) is 5.92 Å². The minimum Gasteiger partial charge on any atom is -0.480 e. The number of carbonyl (C=O) groups excluding carboxylic acids is 3. The van der Waals surface area contributed by atoms with Gasteiger partial charge in [0.2, 0.25) is 17.7 Å². The Hall–Kier alpha value is -3.74. The molecule has 0 bridgehead atoms. The number of hydrogen-bond acceptors (Lipinski definition) is 7. The number of carbonyl (C=O) groups is 4. The molecular formula is C22H32N8O5. The lowest BCUT2D eigenvalue weighted by Crippen LogP contribution is -2.58. The quantitative estimate of drug-likeness (QED) is 0.230. The molecule has 2 aromatic rings. The summed E-state index contributed by atoms with van der Waals surface area (Å²) in [5, 5.41) is 14.8. The first kappa shape index (κ1) is 25.9. The third-order valence-electron chi connectivity index (χ3n) is 5.99. The fraction of sp³-hybridized carbons (Fsp3) is 0.545. The number of nitrogens with one attached hydrogen (secondary N) is 4. The van der Waals surface area contributed by atoms with Crippen molar-refractivity contribution in [2.24, 2.45) is 11.7 Å². The number of likely N-dealkylation sites (tertiary alicyclic amines) is 1. The summed E-state index contributed by atoms with van der Waals surface area (Å²) in [7, 11) is 0. The first-order chi connectivity index (χ1) is 16.7. The van der Waals surface area contributed by atoms with E-state index in [1.54, 1.807) is 20.0 Å². The summed E-state index contributed by atoms with van der Waals surface area (Å²) in [5.74, 6) is -2.98. The summed E-state index contributed by atoms with van der Waals surface area (Å²) in [6, 6.07) is -3.79. The molecular weight excluding hydrogens is 456 g/mol. The van der Waals surface area contributed by atoms with Crippen molar-refractivity contribution in [3.63, 3.8) is 0 Å². The van der Waals surface area contributed by atoms with E-state index in [4.69, 9.17) is 5.73 Å². The average molecular weight is 489 g/mol. The molecule has 1 aliphatic heterocycles. The zero-order valence-corrected chi connectivity index (χ0v) is 19.7. The van der Waals surface area contributed by atoms with Gasteiger partial charge < -0.3 is 36.3 Å². The van der Waals surface area contributed by atoms with Crippen LogP contribution in [0.4, 0.5) is 0 Å². The highest BCUT2D eigenvalue weighted by Gasteiger charge is 2.38. The van der Waals surface area contributed by atoms with Crippen molar-refractivity contribution < 1.29 is 24.3 Å². The molecule has 4 atom stereocenters. The molecule has 0 aromatic carbocycles. The van der Waals surface area contributed by atoms with Crippen LogP contribution in [0.3, 0.4) is 0 Å². The number of carboxylic acids is 1. The summed E-state index contributed by atoms with van der Waals surface area (Å²) in [4.78, 5) is 65.6. The Morgan fingerprint density at radius 1 is 1.11 bits per heavy atom. The van der Waals surface area contributed by atoms with Crippen molar-refractivity contribution in [1.82, 2.24) is 35.5 Å². The molecule has 1 saturated heterocycles. The molecule has 0 saturated carbocycles. The van der Waals surface area contributed by atoms with Crippen LogP contribution in [-0.4, -0.2) is 84.3 Å². The second-order valence-corrected chi connectivity index (χ2v) is 8.99. The number of nitrogens with two attached hydrogens (primary N) is 1. The van der Waals surface area contributed by atoms with Crippen LogP contribution in [0.15, 0.2) is 25.0 Å². The van der Waals surface area contributed by atoms with E-state index in [0.717, 1.165) is 0 Å². The van der Waals surface area contributed by atoms with E-state index in [9.17, 15) is 24.3 Å². The van der Waals surface area contributed by atoms with Crippen molar-refractivity contribution in [2.75, 3.05) is 6.54 Å². The molecule has 0 spiro atoms. The van der Waals surface area contributed by atoms with Crippen LogP contribution in [0.5, 0.6) is 0 Å². The topological polar surface area (TPSA) is 199 Å². The monoisotopic (exact) mass is 488 g/mol. The van der Waals surface area contributed by atoms with Crippen LogP contribution < -0.4 is 16.4 Å². The van der Waals surface area contributed by atoms with Gasteiger partial charge in [0.15, 0.2) is 0 Å². The molecule has 1 aliphatic rings. The van der Waals surface area contributed by atoms with Gasteiger partial charge in [0.25, 0.3) is 0 Å². The van der Waals surface area contributed by atoms with Crippen LogP contribution in [-0.2, 0) is 32.0 Å². The van der Waals surface area contributed by atoms with Gasteiger partial charge in [-0.25, -0.2) is 14.8 Å². The Morgan fingerprint density at radius 2 is 1.74 bits per heavy atom. The van der Waals surface area contributed by atoms with Crippen molar-refractivity contribution >= 4 is 23.7 Å². The van der Waals surface area contributed by atoms with Gasteiger partial charge in [0, 0.05) is 43.2 Å². The Morgan fingerprint density at radius 3 is 2.29 bits per heavy atom. The van der Waals surface area contributed by atoms with Gasteiger partial charge in [-0.2, -0.15) is 0 Å². The van der Waals surface area contributed by atoms with Crippen LogP contribution in [0.1, 0.15) is 38.1 Å². The molecule has 13 nitrogen and oxygen atoms in total. The fourth-order valence-electron chi connectivity index (χ4n) is 4.10. The molecule has 7 N–H and O–H groups in total. The summed E-state index contributed by atoms with van der Waals surface area (Å²) in [5.41, 5.74) is 7.35. The highest BCUT2D eigenvalue weighted by atomic mass is 16.4. The van der Waals surface area contributed by atoms with Crippen molar-refractivity contribution in [1.29, 1.82) is 0 Å². The SMILES string of the molecule is CC(C)C(NC(=O)C1CCCN1C(=O)C(N)Cc1cnc[nH]1)C(=O)NC(Cc1cnc[nH]1)C(=O)O. The number of amides is 3. The lowest BCUT2D eigenvalue weighted by Gasteiger charge is -2.29. The Bertz CT molecular complexity index is 1010. The third-order valence-corrected chi connectivity index (χ3v) is 5.99. The maximum atomic E-state index is 13.1. The van der Waals surface area contributed by atoms with Gasteiger partial charge in [-0.05, 0) is 18.8 Å². The van der Waals surface area contributed by atoms with Crippen molar-refractivity contribution in [3.8, 4) is 0 Å². The first-order valence-corrected chi connectivity index (χ1v) is 11.5. The number of aromatic nitrogens is 4. The molecule has 3 heterocycles. The van der Waals surface area contributed by atoms with Gasteiger partial charge in [-0.1, -0.05) is 13.8 Å². The van der Waals surface area contributed by atoms with Gasteiger partial charge in [0.1, 0.15) is 18.1 Å². The Balaban J connectivity index is 1.63. The third kappa shape index (κ3) is 6.66. The van der Waals surface area contributed by atoms with E-state index < -0.39 is 42.0 Å². The summed E-state index contributed by atoms with van der Waals surface area (Å²) in [6.07, 6.45) is 7.33. The standard InChI is InChI=1S/C22H32N8O5/c1-12(2)18(20(32)28-16(22(34)35)7-14-9-25-11-27-14)29-19(31)17-4-3-5-30(17)21(33)15(23)6-13-8-24-10-26-13/h8-12,15-18H,3-7,23H2,1-2H3,(H,24,26)(H,25,27)(H,28,32)(H,29,31)(H,34,35). The molecule has 0 radical (unpaired) electrons. The zero-order valence-electron chi connectivity index (χ0n) is 19.7. The van der Waals surface area contributed by atoms with Crippen molar-refractivity contribution in [3.05, 3.63) is 36.4 Å². The summed E-state index contributed by atoms with van der Waals surface area (Å²) in [6.45, 7) is 3.87. The lowest BCUT2D eigenvalue weighted by atomic mass is 10.0. The van der Waals surface area contributed by atoms with Gasteiger partial charge in [-0.3, -0.25) is 14.4 Å². The number of aliphatic carboxylic acids is 1. The molecule has 2 aromatic heterocycles. The van der Waals surface area contributed by atoms with Crippen LogP contribution in [0.2, 0.25) is 0 Å². The van der Waals surface area contributed by atoms with Crippen LogP contribution in [0.25, 0.3) is 0 Å². The minimum absolute atomic E-state index is 0.0129. The minimum atomic E-state index is -1.21. The van der Waals surface area contributed by atoms with Gasteiger partial charge in [-0.15, -0.1) is 0 Å². The number of H-pyrrole nitrogens is 2. The highest BCUT2D eigenvalue weighted by Crippen LogP contribution is 2.20. The predicted octanol–water partition coefficient (Wildman–Crippen LogP) is -1.05. The molecule has 3 rings (SSSR count). The zero-order chi connectivity index (χ0) is 25.5. The van der Waals surface area contributed by atoms with E-state index in [1.165, 1.54) is 23.8 Å². The normalized spacial score (nSPS) is 18.2. The molecule has 1 fully saturated rings. The second-order valence-electron chi connectivity index (χ2n) is 8.99. The summed E-state index contributed by atoms with van der Waals surface area (Å²) >= 11 is 0. The Kier molecular flexibility index (Phi) is 8.58. The van der Waals surface area contributed by atoms with E-state index >= 15 is 0 Å². The smallest absolute Gasteiger partial charge is 0.326 e. The largest absolute Gasteiger partial charge is 0.480 e. The van der Waals surface area contributed by atoms with Gasteiger partial charge >= 0.3 is 5.97 Å².